The SMILES string of the molecule is C[C@H]1C=CC[C@@H]2CC(CBr)OC(=O)N21. The Morgan fingerprint density at radius 3 is 3.21 bits per heavy atom. The first-order chi connectivity index (χ1) is 6.72. The van der Waals surface area contributed by atoms with Crippen LogP contribution < -0.4 is 0 Å². The quantitative estimate of drug-likeness (QED) is 0.535. The lowest BCUT2D eigenvalue weighted by Gasteiger charge is -2.42. The largest absolute Gasteiger partial charge is 0.445 e. The highest BCUT2D eigenvalue weighted by Crippen LogP contribution is 2.28. The van der Waals surface area contributed by atoms with Crippen LogP contribution in [0.25, 0.3) is 0 Å². The maximum Gasteiger partial charge on any atom is 0.410 e. The van der Waals surface area contributed by atoms with Gasteiger partial charge in [-0.25, -0.2) is 4.79 Å². The molecule has 0 saturated carbocycles. The molecule has 4 heteroatoms. The van der Waals surface area contributed by atoms with E-state index < -0.39 is 0 Å². The molecule has 0 N–H and O–H groups in total. The second kappa shape index (κ2) is 3.93. The zero-order valence-electron chi connectivity index (χ0n) is 8.15. The molecule has 0 aromatic rings. The molecule has 1 amide bonds. The predicted molar refractivity (Wildman–Crippen MR) is 57.5 cm³/mol. The molecule has 0 aromatic heterocycles. The first-order valence-corrected chi connectivity index (χ1v) is 6.06. The van der Waals surface area contributed by atoms with Crippen molar-refractivity contribution in [3.63, 3.8) is 0 Å². The highest BCUT2D eigenvalue weighted by Gasteiger charge is 2.37. The number of amides is 1. The van der Waals surface area contributed by atoms with Gasteiger partial charge in [-0.05, 0) is 13.3 Å². The predicted octanol–water partition coefficient (Wildman–Crippen LogP) is 2.31. The van der Waals surface area contributed by atoms with Crippen molar-refractivity contribution in [3.8, 4) is 0 Å². The minimum Gasteiger partial charge on any atom is -0.445 e. The van der Waals surface area contributed by atoms with E-state index in [1.807, 2.05) is 11.8 Å². The van der Waals surface area contributed by atoms with Gasteiger partial charge in [0.25, 0.3) is 0 Å². The summed E-state index contributed by atoms with van der Waals surface area (Å²) in [5.74, 6) is 0. The number of cyclic esters (lactones) is 1. The van der Waals surface area contributed by atoms with Crippen LogP contribution in [0.15, 0.2) is 12.2 Å². The zero-order chi connectivity index (χ0) is 10.1. The van der Waals surface area contributed by atoms with Crippen molar-refractivity contribution in [2.75, 3.05) is 5.33 Å². The van der Waals surface area contributed by atoms with Crippen molar-refractivity contribution in [2.45, 2.75) is 38.0 Å². The van der Waals surface area contributed by atoms with Gasteiger partial charge in [-0.15, -0.1) is 0 Å². The minimum absolute atomic E-state index is 0.0439. The van der Waals surface area contributed by atoms with Gasteiger partial charge in [0.15, 0.2) is 0 Å². The van der Waals surface area contributed by atoms with E-state index in [2.05, 4.69) is 28.1 Å². The number of carbonyl (C=O) groups excluding carboxylic acids is 1. The van der Waals surface area contributed by atoms with Crippen molar-refractivity contribution in [2.24, 2.45) is 0 Å². The van der Waals surface area contributed by atoms with Gasteiger partial charge < -0.3 is 4.74 Å². The maximum absolute atomic E-state index is 11.7. The molecule has 2 aliphatic heterocycles. The molecule has 14 heavy (non-hydrogen) atoms. The summed E-state index contributed by atoms with van der Waals surface area (Å²) >= 11 is 3.36. The third-order valence-corrected chi connectivity index (χ3v) is 3.56. The second-order valence-electron chi connectivity index (χ2n) is 3.86. The lowest BCUT2D eigenvalue weighted by Crippen LogP contribution is -2.53. The number of fused-ring (bicyclic) bond motifs is 1. The molecule has 2 aliphatic rings. The fourth-order valence-corrected chi connectivity index (χ4v) is 2.54. The van der Waals surface area contributed by atoms with Gasteiger partial charge in [0, 0.05) is 17.8 Å². The van der Waals surface area contributed by atoms with Crippen molar-refractivity contribution in [1.82, 2.24) is 4.90 Å². The van der Waals surface area contributed by atoms with Crippen molar-refractivity contribution < 1.29 is 9.53 Å². The van der Waals surface area contributed by atoms with Crippen LogP contribution in [0.4, 0.5) is 4.79 Å². The standard InChI is InChI=1S/C10H14BrNO2/c1-7-3-2-4-8-5-9(6-11)14-10(13)12(7)8/h2-3,7-9H,4-6H2,1H3/t7-,8+,9?/m0/s1. The third kappa shape index (κ3) is 1.67. The molecule has 3 nitrogen and oxygen atoms in total. The summed E-state index contributed by atoms with van der Waals surface area (Å²) in [6.07, 6.45) is 6.00. The van der Waals surface area contributed by atoms with E-state index in [0.29, 0.717) is 6.04 Å². The Bertz CT molecular complexity index is 267. The molecule has 1 saturated heterocycles. The number of hydrogen-bond donors (Lipinski definition) is 0. The molecule has 3 atom stereocenters. The molecule has 1 fully saturated rings. The van der Waals surface area contributed by atoms with E-state index in [-0.39, 0.29) is 18.2 Å². The van der Waals surface area contributed by atoms with Gasteiger partial charge in [0.2, 0.25) is 0 Å². The number of nitrogens with zero attached hydrogens (tertiary/aromatic N) is 1. The molecule has 2 rings (SSSR count). The van der Waals surface area contributed by atoms with Gasteiger partial charge in [0.05, 0.1) is 6.04 Å². The summed E-state index contributed by atoms with van der Waals surface area (Å²) in [4.78, 5) is 13.5. The Balaban J connectivity index is 2.14. The van der Waals surface area contributed by atoms with Gasteiger partial charge in [-0.1, -0.05) is 28.1 Å². The summed E-state index contributed by atoms with van der Waals surface area (Å²) in [5.41, 5.74) is 0. The number of halogens is 1. The Kier molecular flexibility index (Phi) is 2.81. The first-order valence-electron chi connectivity index (χ1n) is 4.94. The minimum atomic E-state index is -0.164. The normalized spacial score (nSPS) is 36.6. The Labute approximate surface area is 92.2 Å². The van der Waals surface area contributed by atoms with Crippen LogP contribution in [-0.4, -0.2) is 34.5 Å². The number of alkyl halides is 1. The summed E-state index contributed by atoms with van der Waals surface area (Å²) in [7, 11) is 0. The topological polar surface area (TPSA) is 29.5 Å². The Hall–Kier alpha value is -0.510. The first kappa shape index (κ1) is 10.0. The smallest absolute Gasteiger partial charge is 0.410 e. The number of ether oxygens (including phenoxy) is 1. The van der Waals surface area contributed by atoms with E-state index in [1.54, 1.807) is 0 Å². The molecule has 1 unspecified atom stereocenters. The number of carbonyl (C=O) groups is 1. The Morgan fingerprint density at radius 2 is 2.50 bits per heavy atom. The highest BCUT2D eigenvalue weighted by molar-refractivity contribution is 9.09. The molecule has 0 radical (unpaired) electrons. The highest BCUT2D eigenvalue weighted by atomic mass is 79.9. The average Bonchev–Trinajstić information content (AvgIpc) is 2.17. The van der Waals surface area contributed by atoms with Crippen molar-refractivity contribution >= 4 is 22.0 Å². The van der Waals surface area contributed by atoms with Gasteiger partial charge in [-0.2, -0.15) is 0 Å². The molecule has 0 bridgehead atoms. The van der Waals surface area contributed by atoms with Crippen molar-refractivity contribution in [1.29, 1.82) is 0 Å². The molecule has 0 aliphatic carbocycles. The molecule has 78 valence electrons. The van der Waals surface area contributed by atoms with Crippen LogP contribution >= 0.6 is 15.9 Å². The number of rotatable bonds is 1. The Morgan fingerprint density at radius 1 is 1.71 bits per heavy atom. The van der Waals surface area contributed by atoms with Crippen LogP contribution in [0, 0.1) is 0 Å². The second-order valence-corrected chi connectivity index (χ2v) is 4.51. The van der Waals surface area contributed by atoms with E-state index in [1.165, 1.54) is 0 Å². The van der Waals surface area contributed by atoms with Crippen LogP contribution in [0.3, 0.4) is 0 Å². The molecule has 2 heterocycles. The van der Waals surface area contributed by atoms with Crippen molar-refractivity contribution in [3.05, 3.63) is 12.2 Å². The van der Waals surface area contributed by atoms with Gasteiger partial charge in [-0.3, -0.25) is 4.90 Å². The summed E-state index contributed by atoms with van der Waals surface area (Å²) in [6.45, 7) is 2.03. The third-order valence-electron chi connectivity index (χ3n) is 2.84. The van der Waals surface area contributed by atoms with Crippen LogP contribution in [0.2, 0.25) is 0 Å². The van der Waals surface area contributed by atoms with Gasteiger partial charge in [0.1, 0.15) is 6.10 Å². The lowest BCUT2D eigenvalue weighted by molar-refractivity contribution is -0.00109. The molecule has 0 spiro atoms. The maximum atomic E-state index is 11.7. The van der Waals surface area contributed by atoms with Crippen LogP contribution in [-0.2, 0) is 4.74 Å². The van der Waals surface area contributed by atoms with E-state index in [0.717, 1.165) is 18.2 Å². The average molecular weight is 260 g/mol. The van der Waals surface area contributed by atoms with Crippen LogP contribution in [0.5, 0.6) is 0 Å². The summed E-state index contributed by atoms with van der Waals surface area (Å²) in [6, 6.07) is 0.510. The summed E-state index contributed by atoms with van der Waals surface area (Å²) in [5, 5.41) is 0.737. The lowest BCUT2D eigenvalue weighted by atomic mass is 9.97. The van der Waals surface area contributed by atoms with Gasteiger partial charge >= 0.3 is 6.09 Å². The molecule has 0 aromatic carbocycles. The van der Waals surface area contributed by atoms with E-state index in [9.17, 15) is 4.79 Å². The summed E-state index contributed by atoms with van der Waals surface area (Å²) < 4.78 is 5.28. The number of hydrogen-bond acceptors (Lipinski definition) is 2. The molecular formula is C10H14BrNO2. The van der Waals surface area contributed by atoms with E-state index in [4.69, 9.17) is 4.74 Å². The fraction of sp³-hybridized carbons (Fsp3) is 0.700. The fourth-order valence-electron chi connectivity index (χ4n) is 2.15. The monoisotopic (exact) mass is 259 g/mol. The van der Waals surface area contributed by atoms with E-state index >= 15 is 0 Å². The zero-order valence-corrected chi connectivity index (χ0v) is 9.74. The molecular weight excluding hydrogens is 246 g/mol. The van der Waals surface area contributed by atoms with Crippen LogP contribution in [0.1, 0.15) is 19.8 Å².